The summed E-state index contributed by atoms with van der Waals surface area (Å²) in [6.45, 7) is 2.31. The van der Waals surface area contributed by atoms with Gasteiger partial charge in [0.25, 0.3) is 0 Å². The van der Waals surface area contributed by atoms with Crippen molar-refractivity contribution in [1.29, 1.82) is 0 Å². The maximum atomic E-state index is 12.9. The zero-order chi connectivity index (χ0) is 15.0. The molecule has 1 atom stereocenters. The van der Waals surface area contributed by atoms with Gasteiger partial charge in [-0.25, -0.2) is 8.42 Å². The van der Waals surface area contributed by atoms with E-state index in [2.05, 4.69) is 10.2 Å². The SMILES string of the molecule is CN(C)CC1CCCN1S(=O)(=O)c1ccc2c(c1)CCN2. The van der Waals surface area contributed by atoms with Crippen LogP contribution in [0.25, 0.3) is 0 Å². The standard InChI is InChI=1S/C15H23N3O2S/c1-17(2)11-13-4-3-9-18(13)21(19,20)14-5-6-15-12(10-14)7-8-16-15/h5-6,10,13,16H,3-4,7-9,11H2,1-2H3. The average molecular weight is 309 g/mol. The Morgan fingerprint density at radius 1 is 1.38 bits per heavy atom. The zero-order valence-electron chi connectivity index (χ0n) is 12.7. The predicted molar refractivity (Wildman–Crippen MR) is 84.1 cm³/mol. The summed E-state index contributed by atoms with van der Waals surface area (Å²) in [6.07, 6.45) is 2.80. The zero-order valence-corrected chi connectivity index (χ0v) is 13.5. The number of rotatable bonds is 4. The van der Waals surface area contributed by atoms with Gasteiger partial charge in [0.2, 0.25) is 10.0 Å². The highest BCUT2D eigenvalue weighted by molar-refractivity contribution is 7.89. The number of nitrogens with one attached hydrogen (secondary N) is 1. The number of anilines is 1. The molecule has 5 nitrogen and oxygen atoms in total. The highest BCUT2D eigenvalue weighted by Crippen LogP contribution is 2.30. The van der Waals surface area contributed by atoms with Crippen LogP contribution in [-0.2, 0) is 16.4 Å². The Bertz CT molecular complexity index is 628. The first kappa shape index (κ1) is 14.8. The Kier molecular flexibility index (Phi) is 3.94. The first-order valence-electron chi connectivity index (χ1n) is 7.52. The van der Waals surface area contributed by atoms with Gasteiger partial charge in [-0.1, -0.05) is 0 Å². The van der Waals surface area contributed by atoms with Crippen LogP contribution in [0.1, 0.15) is 18.4 Å². The third kappa shape index (κ3) is 2.80. The highest BCUT2D eigenvalue weighted by atomic mass is 32.2. The van der Waals surface area contributed by atoms with Crippen molar-refractivity contribution in [3.05, 3.63) is 23.8 Å². The highest BCUT2D eigenvalue weighted by Gasteiger charge is 2.35. The van der Waals surface area contributed by atoms with E-state index in [9.17, 15) is 8.42 Å². The van der Waals surface area contributed by atoms with Crippen molar-refractivity contribution >= 4 is 15.7 Å². The van der Waals surface area contributed by atoms with E-state index in [4.69, 9.17) is 0 Å². The smallest absolute Gasteiger partial charge is 0.243 e. The summed E-state index contributed by atoms with van der Waals surface area (Å²) in [7, 11) is 0.604. The molecule has 0 spiro atoms. The summed E-state index contributed by atoms with van der Waals surface area (Å²) in [5.74, 6) is 0. The molecule has 0 aliphatic carbocycles. The molecule has 1 unspecified atom stereocenters. The number of benzene rings is 1. The maximum absolute atomic E-state index is 12.9. The third-order valence-electron chi connectivity index (χ3n) is 4.29. The summed E-state index contributed by atoms with van der Waals surface area (Å²) in [4.78, 5) is 2.50. The van der Waals surface area contributed by atoms with Gasteiger partial charge in [0, 0.05) is 31.4 Å². The lowest BCUT2D eigenvalue weighted by Gasteiger charge is -2.26. The summed E-state index contributed by atoms with van der Waals surface area (Å²) >= 11 is 0. The maximum Gasteiger partial charge on any atom is 0.243 e. The molecule has 0 radical (unpaired) electrons. The second-order valence-electron chi connectivity index (χ2n) is 6.17. The molecule has 21 heavy (non-hydrogen) atoms. The molecule has 0 bridgehead atoms. The molecule has 6 heteroatoms. The fourth-order valence-electron chi connectivity index (χ4n) is 3.31. The first-order valence-corrected chi connectivity index (χ1v) is 8.96. The minimum atomic E-state index is -3.38. The lowest BCUT2D eigenvalue weighted by atomic mass is 10.2. The number of nitrogens with zero attached hydrogens (tertiary/aromatic N) is 2. The van der Waals surface area contributed by atoms with Gasteiger partial charge in [-0.05, 0) is 57.1 Å². The molecule has 2 aliphatic rings. The number of hydrogen-bond acceptors (Lipinski definition) is 4. The molecular weight excluding hydrogens is 286 g/mol. The van der Waals surface area contributed by atoms with Crippen molar-refractivity contribution in [3.8, 4) is 0 Å². The van der Waals surface area contributed by atoms with Gasteiger partial charge in [0.15, 0.2) is 0 Å². The molecule has 2 aliphatic heterocycles. The first-order chi connectivity index (χ1) is 9.98. The van der Waals surface area contributed by atoms with Crippen LogP contribution >= 0.6 is 0 Å². The van der Waals surface area contributed by atoms with Crippen LogP contribution in [-0.4, -0.2) is 57.4 Å². The molecule has 1 saturated heterocycles. The number of likely N-dealkylation sites (N-methyl/N-ethyl adjacent to an activating group) is 1. The van der Waals surface area contributed by atoms with Crippen LogP contribution in [0, 0.1) is 0 Å². The van der Waals surface area contributed by atoms with E-state index in [0.29, 0.717) is 11.4 Å². The normalized spacial score (nSPS) is 22.5. The van der Waals surface area contributed by atoms with Gasteiger partial charge in [0.05, 0.1) is 4.90 Å². The number of sulfonamides is 1. The summed E-state index contributed by atoms with van der Waals surface area (Å²) in [5, 5.41) is 3.27. The largest absolute Gasteiger partial charge is 0.384 e. The van der Waals surface area contributed by atoms with E-state index >= 15 is 0 Å². The Hall–Kier alpha value is -1.11. The van der Waals surface area contributed by atoms with E-state index in [1.54, 1.807) is 10.4 Å². The fraction of sp³-hybridized carbons (Fsp3) is 0.600. The van der Waals surface area contributed by atoms with E-state index in [0.717, 1.165) is 43.6 Å². The summed E-state index contributed by atoms with van der Waals surface area (Å²) in [6, 6.07) is 5.57. The fourth-order valence-corrected chi connectivity index (χ4v) is 5.04. The number of fused-ring (bicyclic) bond motifs is 1. The molecule has 1 fully saturated rings. The second kappa shape index (κ2) is 5.59. The van der Waals surface area contributed by atoms with E-state index in [-0.39, 0.29) is 6.04 Å². The summed E-state index contributed by atoms with van der Waals surface area (Å²) in [5.41, 5.74) is 2.18. The molecule has 116 valence electrons. The molecule has 1 aromatic carbocycles. The molecule has 1 N–H and O–H groups in total. The Morgan fingerprint density at radius 3 is 2.95 bits per heavy atom. The van der Waals surface area contributed by atoms with Crippen LogP contribution in [0.2, 0.25) is 0 Å². The lowest BCUT2D eigenvalue weighted by Crippen LogP contribution is -2.41. The monoisotopic (exact) mass is 309 g/mol. The van der Waals surface area contributed by atoms with Crippen LogP contribution in [0.15, 0.2) is 23.1 Å². The van der Waals surface area contributed by atoms with Crippen molar-refractivity contribution in [2.75, 3.05) is 39.0 Å². The quantitative estimate of drug-likeness (QED) is 0.913. The minimum absolute atomic E-state index is 0.0939. The van der Waals surface area contributed by atoms with Crippen LogP contribution in [0.4, 0.5) is 5.69 Å². The average Bonchev–Trinajstić information content (AvgIpc) is 3.05. The Balaban J connectivity index is 1.89. The third-order valence-corrected chi connectivity index (χ3v) is 6.24. The van der Waals surface area contributed by atoms with Crippen molar-refractivity contribution in [3.63, 3.8) is 0 Å². The second-order valence-corrected chi connectivity index (χ2v) is 8.06. The number of hydrogen-bond donors (Lipinski definition) is 1. The van der Waals surface area contributed by atoms with E-state index in [1.165, 1.54) is 0 Å². The van der Waals surface area contributed by atoms with Crippen LogP contribution in [0.3, 0.4) is 0 Å². The topological polar surface area (TPSA) is 52.7 Å². The predicted octanol–water partition coefficient (Wildman–Crippen LogP) is 1.37. The Morgan fingerprint density at radius 2 is 2.19 bits per heavy atom. The molecule has 2 heterocycles. The summed E-state index contributed by atoms with van der Waals surface area (Å²) < 4.78 is 27.5. The lowest BCUT2D eigenvalue weighted by molar-refractivity contribution is 0.291. The van der Waals surface area contributed by atoms with Gasteiger partial charge in [-0.15, -0.1) is 0 Å². The molecule has 0 amide bonds. The van der Waals surface area contributed by atoms with E-state index in [1.807, 2.05) is 26.2 Å². The molecule has 1 aromatic rings. The van der Waals surface area contributed by atoms with Crippen LogP contribution < -0.4 is 5.32 Å². The van der Waals surface area contributed by atoms with Gasteiger partial charge in [-0.3, -0.25) is 0 Å². The Labute approximate surface area is 127 Å². The molecule has 0 aromatic heterocycles. The van der Waals surface area contributed by atoms with Gasteiger partial charge < -0.3 is 10.2 Å². The molecule has 0 saturated carbocycles. The minimum Gasteiger partial charge on any atom is -0.384 e. The van der Waals surface area contributed by atoms with Crippen molar-refractivity contribution in [2.45, 2.75) is 30.2 Å². The molecular formula is C15H23N3O2S. The molecule has 3 rings (SSSR count). The van der Waals surface area contributed by atoms with Gasteiger partial charge >= 0.3 is 0 Å². The van der Waals surface area contributed by atoms with Crippen molar-refractivity contribution in [2.24, 2.45) is 0 Å². The van der Waals surface area contributed by atoms with Gasteiger partial charge in [-0.2, -0.15) is 4.31 Å². The van der Waals surface area contributed by atoms with Crippen LogP contribution in [0.5, 0.6) is 0 Å². The van der Waals surface area contributed by atoms with Gasteiger partial charge in [0.1, 0.15) is 0 Å². The van der Waals surface area contributed by atoms with Crippen molar-refractivity contribution < 1.29 is 8.42 Å². The van der Waals surface area contributed by atoms with Crippen molar-refractivity contribution in [1.82, 2.24) is 9.21 Å². The van der Waals surface area contributed by atoms with E-state index < -0.39 is 10.0 Å².